The van der Waals surface area contributed by atoms with E-state index in [4.69, 9.17) is 0 Å². The fraction of sp³-hybridized carbons (Fsp3) is 0.200. The Morgan fingerprint density at radius 3 is 2.33 bits per heavy atom. The van der Waals surface area contributed by atoms with Gasteiger partial charge in [-0.3, -0.25) is 9.59 Å². The molecule has 3 aromatic carbocycles. The fourth-order valence-corrected chi connectivity index (χ4v) is 3.80. The molecule has 152 valence electrons. The van der Waals surface area contributed by atoms with Crippen LogP contribution in [0.25, 0.3) is 0 Å². The van der Waals surface area contributed by atoms with Crippen molar-refractivity contribution in [2.24, 2.45) is 0 Å². The molecule has 2 N–H and O–H groups in total. The molecule has 5 nitrogen and oxygen atoms in total. The van der Waals surface area contributed by atoms with Gasteiger partial charge in [-0.15, -0.1) is 0 Å². The van der Waals surface area contributed by atoms with Gasteiger partial charge in [0.25, 0.3) is 5.91 Å². The molecule has 1 unspecified atom stereocenters. The zero-order valence-corrected chi connectivity index (χ0v) is 17.2. The van der Waals surface area contributed by atoms with Crippen LogP contribution >= 0.6 is 0 Å². The Hall–Kier alpha value is -3.60. The number of fused-ring (bicyclic) bond motifs is 1. The van der Waals surface area contributed by atoms with Gasteiger partial charge in [0.2, 0.25) is 5.91 Å². The van der Waals surface area contributed by atoms with E-state index in [9.17, 15) is 9.59 Å². The lowest BCUT2D eigenvalue weighted by Crippen LogP contribution is -2.25. The van der Waals surface area contributed by atoms with Crippen molar-refractivity contribution < 1.29 is 9.59 Å². The maximum absolute atomic E-state index is 12.7. The summed E-state index contributed by atoms with van der Waals surface area (Å²) in [6.07, 6.45) is 0.774. The van der Waals surface area contributed by atoms with Gasteiger partial charge < -0.3 is 15.5 Å². The highest BCUT2D eigenvalue weighted by Crippen LogP contribution is 2.29. The van der Waals surface area contributed by atoms with Gasteiger partial charge in [0.1, 0.15) is 0 Å². The van der Waals surface area contributed by atoms with Gasteiger partial charge in [-0.2, -0.15) is 0 Å². The standard InChI is InChI=1S/C25H25N3O2/c1-17(19-6-4-3-5-7-19)26-22-9-11-23(12-10-22)27-25(30)21-8-13-24-20(16-21)14-15-28(24)18(2)29/h3-13,16-17,26H,14-15H2,1-2H3,(H,27,30). The van der Waals surface area contributed by atoms with E-state index >= 15 is 0 Å². The van der Waals surface area contributed by atoms with Gasteiger partial charge in [-0.1, -0.05) is 30.3 Å². The van der Waals surface area contributed by atoms with Crippen molar-refractivity contribution in [3.05, 3.63) is 89.5 Å². The molecule has 0 radical (unpaired) electrons. The number of carbonyl (C=O) groups excluding carboxylic acids is 2. The van der Waals surface area contributed by atoms with Gasteiger partial charge >= 0.3 is 0 Å². The topological polar surface area (TPSA) is 61.4 Å². The zero-order chi connectivity index (χ0) is 21.1. The summed E-state index contributed by atoms with van der Waals surface area (Å²) >= 11 is 0. The number of hydrogen-bond donors (Lipinski definition) is 2. The molecule has 0 spiro atoms. The molecule has 4 rings (SSSR count). The third-order valence-corrected chi connectivity index (χ3v) is 5.44. The summed E-state index contributed by atoms with van der Waals surface area (Å²) in [4.78, 5) is 26.1. The molecule has 0 saturated carbocycles. The molecule has 0 aromatic heterocycles. The molecule has 0 fully saturated rings. The van der Waals surface area contributed by atoms with Gasteiger partial charge in [0, 0.05) is 42.1 Å². The Morgan fingerprint density at radius 2 is 1.63 bits per heavy atom. The molecule has 3 aromatic rings. The third-order valence-electron chi connectivity index (χ3n) is 5.44. The highest BCUT2D eigenvalue weighted by atomic mass is 16.2. The van der Waals surface area contributed by atoms with Crippen LogP contribution in [-0.4, -0.2) is 18.4 Å². The van der Waals surface area contributed by atoms with E-state index in [0.29, 0.717) is 12.1 Å². The molecule has 0 aliphatic carbocycles. The Morgan fingerprint density at radius 1 is 0.933 bits per heavy atom. The molecule has 30 heavy (non-hydrogen) atoms. The lowest BCUT2D eigenvalue weighted by molar-refractivity contribution is -0.116. The van der Waals surface area contributed by atoms with E-state index in [-0.39, 0.29) is 17.9 Å². The number of benzene rings is 3. The number of nitrogens with one attached hydrogen (secondary N) is 2. The Kier molecular flexibility index (Phi) is 5.53. The van der Waals surface area contributed by atoms with Crippen LogP contribution in [0.1, 0.15) is 41.4 Å². The van der Waals surface area contributed by atoms with E-state index < -0.39 is 0 Å². The molecular weight excluding hydrogens is 374 g/mol. The van der Waals surface area contributed by atoms with Crippen LogP contribution in [0.2, 0.25) is 0 Å². The quantitative estimate of drug-likeness (QED) is 0.633. The minimum atomic E-state index is -0.155. The van der Waals surface area contributed by atoms with Gasteiger partial charge in [-0.25, -0.2) is 0 Å². The van der Waals surface area contributed by atoms with E-state index in [2.05, 4.69) is 29.7 Å². The highest BCUT2D eigenvalue weighted by molar-refractivity contribution is 6.05. The zero-order valence-electron chi connectivity index (χ0n) is 17.2. The second-order valence-corrected chi connectivity index (χ2v) is 7.57. The van der Waals surface area contributed by atoms with Crippen molar-refractivity contribution in [3.63, 3.8) is 0 Å². The second kappa shape index (κ2) is 8.41. The number of carbonyl (C=O) groups is 2. The lowest BCUT2D eigenvalue weighted by Gasteiger charge is -2.16. The average molecular weight is 399 g/mol. The maximum atomic E-state index is 12.7. The molecule has 1 atom stereocenters. The largest absolute Gasteiger partial charge is 0.379 e. The van der Waals surface area contributed by atoms with Crippen molar-refractivity contribution in [3.8, 4) is 0 Å². The SMILES string of the molecule is CC(=O)N1CCc2cc(C(=O)Nc3ccc(NC(C)c4ccccc4)cc3)ccc21. The first kappa shape index (κ1) is 19.7. The fourth-order valence-electron chi connectivity index (χ4n) is 3.80. The van der Waals surface area contributed by atoms with Crippen molar-refractivity contribution in [1.29, 1.82) is 0 Å². The summed E-state index contributed by atoms with van der Waals surface area (Å²) in [7, 11) is 0. The first-order chi connectivity index (χ1) is 14.5. The number of nitrogens with zero attached hydrogens (tertiary/aromatic N) is 1. The van der Waals surface area contributed by atoms with Crippen LogP contribution in [0.4, 0.5) is 17.1 Å². The van der Waals surface area contributed by atoms with Crippen LogP contribution in [0.5, 0.6) is 0 Å². The number of rotatable bonds is 5. The normalized spacial score (nSPS) is 13.5. The van der Waals surface area contributed by atoms with Crippen LogP contribution in [0.3, 0.4) is 0 Å². The van der Waals surface area contributed by atoms with Crippen LogP contribution in [0.15, 0.2) is 72.8 Å². The van der Waals surface area contributed by atoms with Crippen molar-refractivity contribution in [2.45, 2.75) is 26.3 Å². The summed E-state index contributed by atoms with van der Waals surface area (Å²) < 4.78 is 0. The monoisotopic (exact) mass is 399 g/mol. The minimum absolute atomic E-state index is 0.0289. The molecule has 1 aliphatic rings. The van der Waals surface area contributed by atoms with Crippen LogP contribution < -0.4 is 15.5 Å². The van der Waals surface area contributed by atoms with Gasteiger partial charge in [0.15, 0.2) is 0 Å². The first-order valence-corrected chi connectivity index (χ1v) is 10.2. The first-order valence-electron chi connectivity index (χ1n) is 10.2. The van der Waals surface area contributed by atoms with E-state index in [0.717, 1.165) is 29.0 Å². The maximum Gasteiger partial charge on any atom is 0.255 e. The average Bonchev–Trinajstić information content (AvgIpc) is 3.19. The number of anilines is 3. The Labute approximate surface area is 176 Å². The lowest BCUT2D eigenvalue weighted by atomic mass is 10.1. The summed E-state index contributed by atoms with van der Waals surface area (Å²) in [6.45, 7) is 4.35. The smallest absolute Gasteiger partial charge is 0.255 e. The number of amides is 2. The molecule has 0 saturated heterocycles. The predicted molar refractivity (Wildman–Crippen MR) is 121 cm³/mol. The second-order valence-electron chi connectivity index (χ2n) is 7.57. The van der Waals surface area contributed by atoms with Gasteiger partial charge in [-0.05, 0) is 66.9 Å². The summed E-state index contributed by atoms with van der Waals surface area (Å²) in [5.74, 6) is -0.126. The van der Waals surface area contributed by atoms with Crippen LogP contribution in [0, 0.1) is 0 Å². The summed E-state index contributed by atoms with van der Waals surface area (Å²) in [5, 5.41) is 6.42. The molecular formula is C25H25N3O2. The van der Waals surface area contributed by atoms with Gasteiger partial charge in [0.05, 0.1) is 0 Å². The van der Waals surface area contributed by atoms with Crippen molar-refractivity contribution in [2.75, 3.05) is 22.1 Å². The van der Waals surface area contributed by atoms with Crippen molar-refractivity contribution in [1.82, 2.24) is 0 Å². The summed E-state index contributed by atoms with van der Waals surface area (Å²) in [5.41, 5.74) is 5.48. The summed E-state index contributed by atoms with van der Waals surface area (Å²) in [6, 6.07) is 23.7. The molecule has 2 amide bonds. The van der Waals surface area contributed by atoms with Crippen molar-refractivity contribution >= 4 is 28.9 Å². The predicted octanol–water partition coefficient (Wildman–Crippen LogP) is 5.02. The highest BCUT2D eigenvalue weighted by Gasteiger charge is 2.23. The Bertz CT molecular complexity index is 1060. The molecule has 5 heteroatoms. The third kappa shape index (κ3) is 4.20. The Balaban J connectivity index is 1.40. The van der Waals surface area contributed by atoms with Crippen LogP contribution in [-0.2, 0) is 11.2 Å². The molecule has 1 aliphatic heterocycles. The molecule has 1 heterocycles. The minimum Gasteiger partial charge on any atom is -0.379 e. The van der Waals surface area contributed by atoms with E-state index in [1.54, 1.807) is 17.9 Å². The van der Waals surface area contributed by atoms with E-state index in [1.807, 2.05) is 54.6 Å². The molecule has 0 bridgehead atoms. The van der Waals surface area contributed by atoms with E-state index in [1.165, 1.54) is 5.56 Å². The number of hydrogen-bond acceptors (Lipinski definition) is 3.